The molecule has 4 N–H and O–H groups in total. The largest absolute Gasteiger partial charge is 0.351 e. The molecule has 0 aliphatic heterocycles. The van der Waals surface area contributed by atoms with Crippen molar-refractivity contribution in [1.29, 1.82) is 0 Å². The van der Waals surface area contributed by atoms with E-state index in [0.717, 1.165) is 5.56 Å². The van der Waals surface area contributed by atoms with Crippen LogP contribution in [0.4, 0.5) is 5.69 Å². The fourth-order valence-corrected chi connectivity index (χ4v) is 2.82. The summed E-state index contributed by atoms with van der Waals surface area (Å²) in [7, 11) is 1.76. The number of halogens is 1. The van der Waals surface area contributed by atoms with E-state index >= 15 is 0 Å². The van der Waals surface area contributed by atoms with E-state index in [2.05, 4.69) is 10.6 Å². The van der Waals surface area contributed by atoms with Gasteiger partial charge in [0.2, 0.25) is 5.91 Å². The number of nitrogens with zero attached hydrogens (tertiary/aromatic N) is 1. The number of carbonyl (C=O) groups excluding carboxylic acids is 3. The van der Waals surface area contributed by atoms with Crippen LogP contribution in [0.5, 0.6) is 0 Å². The molecule has 0 fully saturated rings. The molecular weight excluding hydrogens is 404 g/mol. The number of para-hydroxylation sites is 1. The van der Waals surface area contributed by atoms with Gasteiger partial charge in [0, 0.05) is 38.2 Å². The molecule has 0 spiro atoms. The minimum Gasteiger partial charge on any atom is -0.351 e. The first-order valence-corrected chi connectivity index (χ1v) is 9.56. The van der Waals surface area contributed by atoms with Crippen LogP contribution in [0, 0.1) is 5.92 Å². The fourth-order valence-electron chi connectivity index (χ4n) is 2.82. The van der Waals surface area contributed by atoms with Gasteiger partial charge < -0.3 is 21.3 Å². The van der Waals surface area contributed by atoms with Crippen molar-refractivity contribution >= 4 is 35.8 Å². The molecule has 0 aliphatic carbocycles. The first-order chi connectivity index (χ1) is 13.8. The molecule has 7 nitrogen and oxygen atoms in total. The average Bonchev–Trinajstić information content (AvgIpc) is 2.72. The Morgan fingerprint density at radius 3 is 2.23 bits per heavy atom. The first kappa shape index (κ1) is 25.1. The van der Waals surface area contributed by atoms with Gasteiger partial charge in [-0.3, -0.25) is 14.4 Å². The molecule has 0 aromatic heterocycles. The van der Waals surface area contributed by atoms with Crippen molar-refractivity contribution in [3.05, 3.63) is 65.2 Å². The van der Waals surface area contributed by atoms with E-state index in [0.29, 0.717) is 36.4 Å². The lowest BCUT2D eigenvalue weighted by atomic mass is 10.1. The summed E-state index contributed by atoms with van der Waals surface area (Å²) in [6.45, 7) is 4.89. The van der Waals surface area contributed by atoms with Crippen LogP contribution in [-0.2, 0) is 11.3 Å². The van der Waals surface area contributed by atoms with E-state index < -0.39 is 0 Å². The van der Waals surface area contributed by atoms with Gasteiger partial charge in [0.1, 0.15) is 0 Å². The Morgan fingerprint density at radius 1 is 1.00 bits per heavy atom. The van der Waals surface area contributed by atoms with Crippen molar-refractivity contribution < 1.29 is 14.4 Å². The van der Waals surface area contributed by atoms with Gasteiger partial charge in [-0.05, 0) is 29.8 Å². The number of amides is 3. The van der Waals surface area contributed by atoms with Crippen molar-refractivity contribution in [2.75, 3.05) is 25.5 Å². The second kappa shape index (κ2) is 11.9. The smallest absolute Gasteiger partial charge is 0.255 e. The maximum absolute atomic E-state index is 12.6. The topological polar surface area (TPSA) is 105 Å². The number of anilines is 1. The Bertz CT molecular complexity index is 869. The molecule has 0 radical (unpaired) electrons. The molecule has 0 aliphatic rings. The zero-order valence-electron chi connectivity index (χ0n) is 17.5. The molecule has 3 amide bonds. The van der Waals surface area contributed by atoms with Crippen LogP contribution in [0.15, 0.2) is 48.5 Å². The zero-order chi connectivity index (χ0) is 21.4. The lowest BCUT2D eigenvalue weighted by Gasteiger charge is -2.19. The molecule has 30 heavy (non-hydrogen) atoms. The summed E-state index contributed by atoms with van der Waals surface area (Å²) in [6.07, 6.45) is 0. The van der Waals surface area contributed by atoms with Crippen LogP contribution in [-0.4, -0.2) is 42.8 Å². The Balaban J connectivity index is 0.00000450. The summed E-state index contributed by atoms with van der Waals surface area (Å²) in [5, 5.41) is 5.48. The van der Waals surface area contributed by atoms with Crippen LogP contribution in [0.3, 0.4) is 0 Å². The minimum atomic E-state index is -0.317. The highest BCUT2D eigenvalue weighted by Gasteiger charge is 2.15. The Hall–Kier alpha value is -2.90. The number of carbonyl (C=O) groups is 3. The van der Waals surface area contributed by atoms with Crippen LogP contribution >= 0.6 is 12.4 Å². The zero-order valence-corrected chi connectivity index (χ0v) is 18.3. The maximum atomic E-state index is 12.6. The highest BCUT2D eigenvalue weighted by molar-refractivity contribution is 6.09. The highest BCUT2D eigenvalue weighted by Crippen LogP contribution is 2.17. The lowest BCUT2D eigenvalue weighted by Crippen LogP contribution is -2.30. The SMILES string of the molecule is CC(C)C(=O)N(C)Cc1ccc(C(=O)Nc2ccccc2C(=O)NCCN)cc1.Cl. The molecular formula is C22H29ClN4O3. The van der Waals surface area contributed by atoms with E-state index in [1.165, 1.54) is 0 Å². The fraction of sp³-hybridized carbons (Fsp3) is 0.318. The van der Waals surface area contributed by atoms with Crippen LogP contribution in [0.2, 0.25) is 0 Å². The first-order valence-electron chi connectivity index (χ1n) is 9.56. The third-order valence-corrected chi connectivity index (χ3v) is 4.36. The second-order valence-electron chi connectivity index (χ2n) is 7.09. The van der Waals surface area contributed by atoms with E-state index in [9.17, 15) is 14.4 Å². The van der Waals surface area contributed by atoms with Crippen molar-refractivity contribution in [3.63, 3.8) is 0 Å². The van der Waals surface area contributed by atoms with Crippen LogP contribution in [0.1, 0.15) is 40.1 Å². The van der Waals surface area contributed by atoms with Gasteiger partial charge in [-0.1, -0.05) is 38.1 Å². The van der Waals surface area contributed by atoms with Gasteiger partial charge in [-0.15, -0.1) is 12.4 Å². The predicted molar refractivity (Wildman–Crippen MR) is 121 cm³/mol. The van der Waals surface area contributed by atoms with Gasteiger partial charge in [0.25, 0.3) is 11.8 Å². The van der Waals surface area contributed by atoms with Gasteiger partial charge in [-0.25, -0.2) is 0 Å². The number of nitrogens with two attached hydrogens (primary N) is 1. The molecule has 0 heterocycles. The highest BCUT2D eigenvalue weighted by atomic mass is 35.5. The maximum Gasteiger partial charge on any atom is 0.255 e. The average molecular weight is 433 g/mol. The molecule has 0 unspecified atom stereocenters. The Labute approximate surface area is 183 Å². The molecule has 0 bridgehead atoms. The van der Waals surface area contributed by atoms with Crippen molar-refractivity contribution in [3.8, 4) is 0 Å². The molecule has 8 heteroatoms. The number of hydrogen-bond acceptors (Lipinski definition) is 4. The van der Waals surface area contributed by atoms with Crippen molar-refractivity contribution in [2.45, 2.75) is 20.4 Å². The lowest BCUT2D eigenvalue weighted by molar-refractivity contribution is -0.133. The quantitative estimate of drug-likeness (QED) is 0.596. The van der Waals surface area contributed by atoms with Gasteiger partial charge in [0.05, 0.1) is 11.3 Å². The second-order valence-corrected chi connectivity index (χ2v) is 7.09. The minimum absolute atomic E-state index is 0. The summed E-state index contributed by atoms with van der Waals surface area (Å²) < 4.78 is 0. The Kier molecular flexibility index (Phi) is 10.0. The third-order valence-electron chi connectivity index (χ3n) is 4.36. The normalized spacial score (nSPS) is 10.2. The van der Waals surface area contributed by atoms with E-state index in [4.69, 9.17) is 5.73 Å². The summed E-state index contributed by atoms with van der Waals surface area (Å²) in [4.78, 5) is 38.5. The molecule has 0 atom stereocenters. The number of rotatable bonds is 8. The standard InChI is InChI=1S/C22H28N4O3.ClH/c1-15(2)22(29)26(3)14-16-8-10-17(11-9-16)20(27)25-19-7-5-4-6-18(19)21(28)24-13-12-23;/h4-11,15H,12-14,23H2,1-3H3,(H,24,28)(H,25,27);1H. The van der Waals surface area contributed by atoms with E-state index in [-0.39, 0.29) is 36.0 Å². The summed E-state index contributed by atoms with van der Waals surface area (Å²) in [5.41, 5.74) is 7.61. The van der Waals surface area contributed by atoms with Gasteiger partial charge >= 0.3 is 0 Å². The van der Waals surface area contributed by atoms with E-state index in [1.54, 1.807) is 48.3 Å². The van der Waals surface area contributed by atoms with Crippen LogP contribution < -0.4 is 16.4 Å². The van der Waals surface area contributed by atoms with Crippen molar-refractivity contribution in [2.24, 2.45) is 11.7 Å². The summed E-state index contributed by atoms with van der Waals surface area (Å²) in [6, 6.07) is 13.8. The Morgan fingerprint density at radius 2 is 1.63 bits per heavy atom. The number of benzene rings is 2. The molecule has 0 saturated carbocycles. The molecule has 2 aromatic carbocycles. The molecule has 2 aromatic rings. The van der Waals surface area contributed by atoms with Crippen LogP contribution in [0.25, 0.3) is 0 Å². The molecule has 162 valence electrons. The van der Waals surface area contributed by atoms with E-state index in [1.807, 2.05) is 26.0 Å². The molecule has 2 rings (SSSR count). The number of nitrogens with one attached hydrogen (secondary N) is 2. The summed E-state index contributed by atoms with van der Waals surface area (Å²) in [5.74, 6) is -0.606. The van der Waals surface area contributed by atoms with Crippen molar-refractivity contribution in [1.82, 2.24) is 10.2 Å². The predicted octanol–water partition coefficient (Wildman–Crippen LogP) is 2.66. The van der Waals surface area contributed by atoms with Gasteiger partial charge in [0.15, 0.2) is 0 Å². The monoisotopic (exact) mass is 432 g/mol. The van der Waals surface area contributed by atoms with Gasteiger partial charge in [-0.2, -0.15) is 0 Å². The number of hydrogen-bond donors (Lipinski definition) is 3. The molecule has 0 saturated heterocycles. The summed E-state index contributed by atoms with van der Waals surface area (Å²) >= 11 is 0. The third kappa shape index (κ3) is 6.86.